The maximum atomic E-state index is 12.9. The number of Topliss-reactive ketones (excluding diaryl/α,β-unsaturated/α-hetero) is 1. The van der Waals surface area contributed by atoms with Crippen LogP contribution >= 0.6 is 11.6 Å². The third-order valence-electron chi connectivity index (χ3n) is 5.16. The van der Waals surface area contributed by atoms with Gasteiger partial charge in [-0.3, -0.25) is 14.4 Å². The van der Waals surface area contributed by atoms with Crippen molar-refractivity contribution < 1.29 is 9.59 Å². The van der Waals surface area contributed by atoms with E-state index in [1.807, 2.05) is 39.0 Å². The van der Waals surface area contributed by atoms with Gasteiger partial charge in [-0.15, -0.1) is 0 Å². The Morgan fingerprint density at radius 3 is 2.61 bits per heavy atom. The zero-order valence-electron chi connectivity index (χ0n) is 18.0. The van der Waals surface area contributed by atoms with Gasteiger partial charge in [-0.05, 0) is 50.1 Å². The minimum Gasteiger partial charge on any atom is -0.335 e. The number of hydrogen-bond donors (Lipinski definition) is 1. The number of amides is 1. The minimum absolute atomic E-state index is 0.0436. The summed E-state index contributed by atoms with van der Waals surface area (Å²) in [5.74, 6) is 0.203. The van der Waals surface area contributed by atoms with Crippen molar-refractivity contribution in [2.45, 2.75) is 46.6 Å². The average Bonchev–Trinajstić information content (AvgIpc) is 2.72. The highest BCUT2D eigenvalue weighted by Crippen LogP contribution is 2.17. The van der Waals surface area contributed by atoms with Gasteiger partial charge in [0.2, 0.25) is 5.91 Å². The topological polar surface area (TPSA) is 83.1 Å². The smallest absolute Gasteiger partial charge is 0.258 e. The highest BCUT2D eigenvalue weighted by atomic mass is 35.5. The molecule has 1 heterocycles. The fourth-order valence-corrected chi connectivity index (χ4v) is 3.69. The van der Waals surface area contributed by atoms with E-state index in [0.29, 0.717) is 33.9 Å². The Morgan fingerprint density at radius 1 is 1.10 bits per heavy atom. The summed E-state index contributed by atoms with van der Waals surface area (Å²) in [5, 5.41) is 0.934. The molecule has 0 aliphatic heterocycles. The van der Waals surface area contributed by atoms with Gasteiger partial charge >= 0.3 is 0 Å². The lowest BCUT2D eigenvalue weighted by molar-refractivity contribution is -0.131. The summed E-state index contributed by atoms with van der Waals surface area (Å²) in [5.41, 5.74) is 2.79. The van der Waals surface area contributed by atoms with E-state index in [0.717, 1.165) is 17.5 Å². The Balaban J connectivity index is 1.73. The molecule has 0 aliphatic rings. The average molecular weight is 440 g/mol. The monoisotopic (exact) mass is 439 g/mol. The highest BCUT2D eigenvalue weighted by Gasteiger charge is 2.18. The summed E-state index contributed by atoms with van der Waals surface area (Å²) in [6, 6.07) is 10.6. The molecule has 162 valence electrons. The second kappa shape index (κ2) is 9.88. The van der Waals surface area contributed by atoms with Crippen LogP contribution in [-0.4, -0.2) is 33.1 Å². The Kier molecular flexibility index (Phi) is 7.23. The lowest BCUT2D eigenvalue weighted by atomic mass is 9.99. The number of aryl methyl sites for hydroxylation is 2. The van der Waals surface area contributed by atoms with Crippen molar-refractivity contribution in [1.29, 1.82) is 0 Å². The second-order valence-electron chi connectivity index (χ2n) is 7.73. The molecular weight excluding hydrogens is 414 g/mol. The molecule has 6 nitrogen and oxygen atoms in total. The Morgan fingerprint density at radius 2 is 1.87 bits per heavy atom. The van der Waals surface area contributed by atoms with E-state index < -0.39 is 0 Å². The first-order chi connectivity index (χ1) is 14.8. The largest absolute Gasteiger partial charge is 0.335 e. The number of carbonyl (C=O) groups is 2. The predicted octanol–water partition coefficient (Wildman–Crippen LogP) is 4.60. The van der Waals surface area contributed by atoms with Crippen molar-refractivity contribution in [3.63, 3.8) is 0 Å². The molecular formula is C24H26ClN3O3. The third-order valence-corrected chi connectivity index (χ3v) is 5.40. The standard InChI is InChI=1S/C24H26ClN3O3/c1-4-11-28(14-22-26-20-13-17(25)7-8-18(20)24(31)27-22)23(30)10-9-21(29)19-12-15(2)5-6-16(19)3/h5-8,12-13H,4,9-11,14H2,1-3H3,(H,26,27,31). The Hall–Kier alpha value is -2.99. The molecule has 31 heavy (non-hydrogen) atoms. The Bertz CT molecular complexity index is 1190. The predicted molar refractivity (Wildman–Crippen MR) is 123 cm³/mol. The number of nitrogens with one attached hydrogen (secondary N) is 1. The molecule has 0 bridgehead atoms. The van der Waals surface area contributed by atoms with Gasteiger partial charge in [-0.25, -0.2) is 4.98 Å². The lowest BCUT2D eigenvalue weighted by Crippen LogP contribution is -2.33. The van der Waals surface area contributed by atoms with Gasteiger partial charge in [-0.1, -0.05) is 36.2 Å². The second-order valence-corrected chi connectivity index (χ2v) is 8.17. The number of hydrogen-bond acceptors (Lipinski definition) is 4. The van der Waals surface area contributed by atoms with Gasteiger partial charge in [0.1, 0.15) is 5.82 Å². The first-order valence-corrected chi connectivity index (χ1v) is 10.7. The number of ketones is 1. The molecule has 0 spiro atoms. The number of aromatic nitrogens is 2. The number of benzene rings is 2. The van der Waals surface area contributed by atoms with Crippen LogP contribution in [0.1, 0.15) is 53.5 Å². The van der Waals surface area contributed by atoms with Crippen molar-refractivity contribution in [3.05, 3.63) is 74.3 Å². The number of aromatic amines is 1. The van der Waals surface area contributed by atoms with Crippen molar-refractivity contribution in [1.82, 2.24) is 14.9 Å². The molecule has 0 saturated carbocycles. The maximum Gasteiger partial charge on any atom is 0.258 e. The molecule has 3 aromatic rings. The van der Waals surface area contributed by atoms with Crippen LogP contribution in [0.15, 0.2) is 41.2 Å². The molecule has 7 heteroatoms. The maximum absolute atomic E-state index is 12.9. The van der Waals surface area contributed by atoms with Crippen molar-refractivity contribution >= 4 is 34.2 Å². The number of fused-ring (bicyclic) bond motifs is 1. The van der Waals surface area contributed by atoms with Crippen LogP contribution < -0.4 is 5.56 Å². The van der Waals surface area contributed by atoms with Crippen LogP contribution in [0.4, 0.5) is 0 Å². The van der Waals surface area contributed by atoms with Crippen LogP contribution in [-0.2, 0) is 11.3 Å². The van der Waals surface area contributed by atoms with Crippen LogP contribution in [0.2, 0.25) is 5.02 Å². The molecule has 0 atom stereocenters. The van der Waals surface area contributed by atoms with Gasteiger partial charge in [0.05, 0.1) is 17.4 Å². The number of halogens is 1. The zero-order chi connectivity index (χ0) is 22.5. The van der Waals surface area contributed by atoms with E-state index >= 15 is 0 Å². The zero-order valence-corrected chi connectivity index (χ0v) is 18.8. The van der Waals surface area contributed by atoms with Crippen molar-refractivity contribution in [2.75, 3.05) is 6.54 Å². The van der Waals surface area contributed by atoms with Crippen LogP contribution in [0, 0.1) is 13.8 Å². The van der Waals surface area contributed by atoms with Crippen LogP contribution in [0.5, 0.6) is 0 Å². The molecule has 1 N–H and O–H groups in total. The number of H-pyrrole nitrogens is 1. The van der Waals surface area contributed by atoms with Gasteiger partial charge in [0, 0.05) is 30.0 Å². The van der Waals surface area contributed by atoms with Gasteiger partial charge < -0.3 is 9.88 Å². The number of rotatable bonds is 8. The fraction of sp³-hybridized carbons (Fsp3) is 0.333. The summed E-state index contributed by atoms with van der Waals surface area (Å²) in [6.45, 7) is 6.48. The van der Waals surface area contributed by atoms with E-state index in [-0.39, 0.29) is 36.6 Å². The molecule has 3 rings (SSSR count). The first-order valence-electron chi connectivity index (χ1n) is 10.3. The van der Waals surface area contributed by atoms with Gasteiger partial charge in [-0.2, -0.15) is 0 Å². The van der Waals surface area contributed by atoms with Crippen molar-refractivity contribution in [3.8, 4) is 0 Å². The summed E-state index contributed by atoms with van der Waals surface area (Å²) in [6.07, 6.45) is 0.997. The first kappa shape index (κ1) is 22.7. The summed E-state index contributed by atoms with van der Waals surface area (Å²) < 4.78 is 0. The molecule has 0 fully saturated rings. The molecule has 0 saturated heterocycles. The van der Waals surface area contributed by atoms with E-state index in [1.54, 1.807) is 23.1 Å². The minimum atomic E-state index is -0.273. The van der Waals surface area contributed by atoms with Crippen LogP contribution in [0.3, 0.4) is 0 Å². The van der Waals surface area contributed by atoms with E-state index in [2.05, 4.69) is 9.97 Å². The normalized spacial score (nSPS) is 11.0. The molecule has 2 aromatic carbocycles. The summed E-state index contributed by atoms with van der Waals surface area (Å²) >= 11 is 6.02. The lowest BCUT2D eigenvalue weighted by Gasteiger charge is -2.21. The fourth-order valence-electron chi connectivity index (χ4n) is 3.53. The quantitative estimate of drug-likeness (QED) is 0.520. The van der Waals surface area contributed by atoms with E-state index in [4.69, 9.17) is 11.6 Å². The van der Waals surface area contributed by atoms with Gasteiger partial charge in [0.25, 0.3) is 5.56 Å². The number of nitrogens with zero attached hydrogens (tertiary/aromatic N) is 2. The summed E-state index contributed by atoms with van der Waals surface area (Å²) in [4.78, 5) is 46.7. The highest BCUT2D eigenvalue weighted by molar-refractivity contribution is 6.31. The van der Waals surface area contributed by atoms with E-state index in [9.17, 15) is 14.4 Å². The molecule has 1 amide bonds. The summed E-state index contributed by atoms with van der Waals surface area (Å²) in [7, 11) is 0. The molecule has 0 radical (unpaired) electrons. The van der Waals surface area contributed by atoms with E-state index in [1.165, 1.54) is 0 Å². The van der Waals surface area contributed by atoms with Crippen molar-refractivity contribution in [2.24, 2.45) is 0 Å². The molecule has 0 unspecified atom stereocenters. The third kappa shape index (κ3) is 5.58. The van der Waals surface area contributed by atoms with Gasteiger partial charge in [0.15, 0.2) is 5.78 Å². The molecule has 1 aromatic heterocycles. The van der Waals surface area contributed by atoms with Crippen LogP contribution in [0.25, 0.3) is 10.9 Å². The number of carbonyl (C=O) groups excluding carboxylic acids is 2. The SMILES string of the molecule is CCCN(Cc1nc2cc(Cl)ccc2c(=O)[nH]1)C(=O)CCC(=O)c1cc(C)ccc1C. The Labute approximate surface area is 186 Å². The molecule has 0 aliphatic carbocycles.